The van der Waals surface area contributed by atoms with Gasteiger partial charge in [-0.05, 0) is 44.7 Å². The molecule has 3 rings (SSSR count). The first-order valence-corrected chi connectivity index (χ1v) is 7.70. The Morgan fingerprint density at radius 2 is 1.74 bits per heavy atom. The number of carbonyl (C=O) groups is 1. The van der Waals surface area contributed by atoms with Gasteiger partial charge in [-0.1, -0.05) is 48.2 Å². The summed E-state index contributed by atoms with van der Waals surface area (Å²) in [5, 5.41) is 0. The van der Waals surface area contributed by atoms with E-state index in [9.17, 15) is 4.79 Å². The minimum atomic E-state index is -0.381. The summed E-state index contributed by atoms with van der Waals surface area (Å²) in [6.07, 6.45) is 1.61. The number of rotatable bonds is 0. The molecule has 1 aromatic rings. The molecular weight excluding hydrogens is 274 g/mol. The molecule has 0 saturated carbocycles. The third-order valence-corrected chi connectivity index (χ3v) is 5.44. The average Bonchev–Trinajstić information content (AvgIpc) is 2.76. The zero-order chi connectivity index (χ0) is 13.8. The van der Waals surface area contributed by atoms with Gasteiger partial charge in [0.25, 0.3) is 0 Å². The van der Waals surface area contributed by atoms with E-state index in [4.69, 9.17) is 12.2 Å². The molecule has 1 amide bonds. The largest absolute Gasteiger partial charge is 0.291 e. The van der Waals surface area contributed by atoms with Gasteiger partial charge in [-0.25, -0.2) is 0 Å². The first kappa shape index (κ1) is 13.1. The van der Waals surface area contributed by atoms with Crippen LogP contribution in [0.3, 0.4) is 0 Å². The van der Waals surface area contributed by atoms with E-state index in [-0.39, 0.29) is 16.2 Å². The number of hydrogen-bond acceptors (Lipinski definition) is 3. The number of amides is 1. The van der Waals surface area contributed by atoms with Gasteiger partial charge < -0.3 is 0 Å². The molecule has 19 heavy (non-hydrogen) atoms. The Hall–Kier alpha value is -0.870. The molecule has 1 aliphatic heterocycles. The van der Waals surface area contributed by atoms with Crippen LogP contribution in [0.5, 0.6) is 0 Å². The van der Waals surface area contributed by atoms with E-state index in [0.717, 1.165) is 17.2 Å². The molecule has 4 heteroatoms. The second kappa shape index (κ2) is 4.06. The maximum absolute atomic E-state index is 12.9. The molecule has 1 aliphatic carbocycles. The Morgan fingerprint density at radius 1 is 1.21 bits per heavy atom. The highest BCUT2D eigenvalue weighted by molar-refractivity contribution is 8.25. The number of thioether (sulfide) groups is 1. The molecule has 0 aromatic heterocycles. The van der Waals surface area contributed by atoms with E-state index in [1.807, 2.05) is 32.9 Å². The van der Waals surface area contributed by atoms with Crippen molar-refractivity contribution in [3.05, 3.63) is 35.4 Å². The second-order valence-electron chi connectivity index (χ2n) is 6.30. The first-order chi connectivity index (χ1) is 8.83. The van der Waals surface area contributed by atoms with Gasteiger partial charge in [0.1, 0.15) is 9.07 Å². The Balaban J connectivity index is 1.98. The summed E-state index contributed by atoms with van der Waals surface area (Å²) >= 11 is 7.04. The lowest BCUT2D eigenvalue weighted by Crippen LogP contribution is -2.49. The van der Waals surface area contributed by atoms with Crippen LogP contribution in [0, 0.1) is 0 Å². The van der Waals surface area contributed by atoms with E-state index >= 15 is 0 Å². The van der Waals surface area contributed by atoms with Gasteiger partial charge in [-0.15, -0.1) is 0 Å². The van der Waals surface area contributed by atoms with Crippen molar-refractivity contribution >= 4 is 34.2 Å². The maximum atomic E-state index is 12.9. The molecule has 0 unspecified atom stereocenters. The van der Waals surface area contributed by atoms with E-state index in [1.54, 1.807) is 16.7 Å². The van der Waals surface area contributed by atoms with Crippen LogP contribution in [-0.2, 0) is 17.6 Å². The van der Waals surface area contributed by atoms with E-state index < -0.39 is 0 Å². The third kappa shape index (κ3) is 1.93. The highest BCUT2D eigenvalue weighted by atomic mass is 32.2. The molecule has 1 heterocycles. The molecule has 1 aromatic carbocycles. The van der Waals surface area contributed by atoms with E-state index in [2.05, 4.69) is 12.1 Å². The van der Waals surface area contributed by atoms with Gasteiger partial charge >= 0.3 is 0 Å². The lowest BCUT2D eigenvalue weighted by Gasteiger charge is -2.32. The SMILES string of the molecule is CC(C)(C)N1C(=O)C2(Cc3ccccc3C2)SC1=S. The van der Waals surface area contributed by atoms with Crippen LogP contribution in [0.4, 0.5) is 0 Å². The van der Waals surface area contributed by atoms with Crippen molar-refractivity contribution in [2.24, 2.45) is 0 Å². The predicted molar refractivity (Wildman–Crippen MR) is 83.4 cm³/mol. The van der Waals surface area contributed by atoms with Gasteiger partial charge in [-0.2, -0.15) is 0 Å². The summed E-state index contributed by atoms with van der Waals surface area (Å²) in [4.78, 5) is 14.7. The summed E-state index contributed by atoms with van der Waals surface area (Å²) < 4.78 is 0.346. The standard InChI is InChI=1S/C15H17NOS2/c1-14(2,3)16-12(17)15(19-13(16)18)8-10-6-4-5-7-11(10)9-15/h4-7H,8-9H2,1-3H3. The van der Waals surface area contributed by atoms with Gasteiger partial charge in [-0.3, -0.25) is 9.69 Å². The summed E-state index contributed by atoms with van der Waals surface area (Å²) in [5.74, 6) is 0.186. The molecule has 2 aliphatic rings. The lowest BCUT2D eigenvalue weighted by molar-refractivity contribution is -0.131. The molecular formula is C15H17NOS2. The molecule has 100 valence electrons. The number of hydrogen-bond donors (Lipinski definition) is 0. The minimum Gasteiger partial charge on any atom is -0.291 e. The Kier molecular flexibility index (Phi) is 2.81. The Labute approximate surface area is 123 Å². The summed E-state index contributed by atoms with van der Waals surface area (Å²) in [7, 11) is 0. The fourth-order valence-corrected chi connectivity index (χ4v) is 5.18. The quantitative estimate of drug-likeness (QED) is 0.685. The van der Waals surface area contributed by atoms with Crippen molar-refractivity contribution in [2.45, 2.75) is 43.9 Å². The smallest absolute Gasteiger partial charge is 0.245 e. The van der Waals surface area contributed by atoms with Crippen molar-refractivity contribution in [1.82, 2.24) is 4.90 Å². The van der Waals surface area contributed by atoms with Gasteiger partial charge in [0.15, 0.2) is 0 Å². The highest BCUT2D eigenvalue weighted by Gasteiger charge is 2.55. The Morgan fingerprint density at radius 3 is 2.16 bits per heavy atom. The van der Waals surface area contributed by atoms with Gasteiger partial charge in [0.05, 0.1) is 0 Å². The number of benzene rings is 1. The second-order valence-corrected chi connectivity index (χ2v) is 8.31. The van der Waals surface area contributed by atoms with Crippen molar-refractivity contribution in [1.29, 1.82) is 0 Å². The molecule has 1 fully saturated rings. The zero-order valence-corrected chi connectivity index (χ0v) is 13.0. The molecule has 0 bridgehead atoms. The fraction of sp³-hybridized carbons (Fsp3) is 0.467. The summed E-state index contributed by atoms with van der Waals surface area (Å²) in [6, 6.07) is 8.34. The van der Waals surface area contributed by atoms with Gasteiger partial charge in [0, 0.05) is 5.54 Å². The van der Waals surface area contributed by atoms with E-state index in [0.29, 0.717) is 0 Å². The van der Waals surface area contributed by atoms with Gasteiger partial charge in [0.2, 0.25) is 5.91 Å². The fourth-order valence-electron chi connectivity index (χ4n) is 2.93. The van der Waals surface area contributed by atoms with Crippen LogP contribution < -0.4 is 0 Å². The number of carbonyl (C=O) groups excluding carboxylic acids is 1. The van der Waals surface area contributed by atoms with Crippen LogP contribution >= 0.6 is 24.0 Å². The molecule has 0 radical (unpaired) electrons. The maximum Gasteiger partial charge on any atom is 0.245 e. The number of nitrogens with zero attached hydrogens (tertiary/aromatic N) is 1. The predicted octanol–water partition coefficient (Wildman–Crippen LogP) is 3.18. The van der Waals surface area contributed by atoms with Crippen molar-refractivity contribution < 1.29 is 4.79 Å². The van der Waals surface area contributed by atoms with Crippen molar-refractivity contribution in [3.8, 4) is 0 Å². The average molecular weight is 291 g/mol. The normalized spacial score (nSPS) is 21.3. The third-order valence-electron chi connectivity index (χ3n) is 3.80. The van der Waals surface area contributed by atoms with E-state index in [1.165, 1.54) is 11.1 Å². The first-order valence-electron chi connectivity index (χ1n) is 6.48. The monoisotopic (exact) mass is 291 g/mol. The van der Waals surface area contributed by atoms with Crippen LogP contribution in [0.2, 0.25) is 0 Å². The molecule has 0 atom stereocenters. The summed E-state index contributed by atoms with van der Waals surface area (Å²) in [5.41, 5.74) is 2.35. The molecule has 1 spiro atoms. The van der Waals surface area contributed by atoms with Crippen LogP contribution in [0.25, 0.3) is 0 Å². The van der Waals surface area contributed by atoms with Crippen LogP contribution in [-0.4, -0.2) is 25.4 Å². The topological polar surface area (TPSA) is 20.3 Å². The van der Waals surface area contributed by atoms with Crippen LogP contribution in [0.15, 0.2) is 24.3 Å². The molecule has 0 N–H and O–H groups in total. The van der Waals surface area contributed by atoms with Crippen molar-refractivity contribution in [2.75, 3.05) is 0 Å². The lowest BCUT2D eigenvalue weighted by atomic mass is 9.99. The zero-order valence-electron chi connectivity index (χ0n) is 11.4. The minimum absolute atomic E-state index is 0.186. The number of thiocarbonyl (C=S) groups is 1. The number of fused-ring (bicyclic) bond motifs is 1. The summed E-state index contributed by atoms with van der Waals surface area (Å²) in [6.45, 7) is 6.12. The highest BCUT2D eigenvalue weighted by Crippen LogP contribution is 2.49. The van der Waals surface area contributed by atoms with Crippen LogP contribution in [0.1, 0.15) is 31.9 Å². The molecule has 1 saturated heterocycles. The van der Waals surface area contributed by atoms with Crippen molar-refractivity contribution in [3.63, 3.8) is 0 Å². The molecule has 2 nitrogen and oxygen atoms in total. The Bertz CT molecular complexity index is 549.